The molecule has 0 bridgehead atoms. The lowest BCUT2D eigenvalue weighted by Gasteiger charge is -2.05. The summed E-state index contributed by atoms with van der Waals surface area (Å²) >= 11 is 5.08. The van der Waals surface area contributed by atoms with Gasteiger partial charge in [0, 0.05) is 22.9 Å². The molecule has 72 valence electrons. The number of allylic oxidation sites excluding steroid dienone is 1. The Balaban J connectivity index is 2.69. The number of alkyl halides is 1. The molecule has 0 aliphatic rings. The summed E-state index contributed by atoms with van der Waals surface area (Å²) in [6, 6.07) is 0. The minimum absolute atomic E-state index is 0.794. The molecule has 0 saturated heterocycles. The maximum Gasteiger partial charge on any atom is 0.119 e. The van der Waals surface area contributed by atoms with Gasteiger partial charge in [0.15, 0.2) is 0 Å². The predicted molar refractivity (Wildman–Crippen MR) is 62.3 cm³/mol. The Morgan fingerprint density at radius 2 is 2.38 bits per heavy atom. The average molecular weight is 261 g/mol. The molecule has 0 amide bonds. The van der Waals surface area contributed by atoms with Gasteiger partial charge in [-0.3, -0.25) is 0 Å². The van der Waals surface area contributed by atoms with Crippen LogP contribution in [0.25, 0.3) is 5.57 Å². The average Bonchev–Trinajstić information content (AvgIpc) is 2.50. The molecule has 1 heterocycles. The van der Waals surface area contributed by atoms with Gasteiger partial charge in [-0.1, -0.05) is 22.5 Å². The highest BCUT2D eigenvalue weighted by Crippen LogP contribution is 2.21. The number of hydrogen-bond acceptors (Lipinski definition) is 3. The molecule has 0 spiro atoms. The van der Waals surface area contributed by atoms with Gasteiger partial charge in [0.25, 0.3) is 0 Å². The molecule has 4 heteroatoms. The van der Waals surface area contributed by atoms with Crippen LogP contribution in [0.2, 0.25) is 0 Å². The van der Waals surface area contributed by atoms with E-state index in [-0.39, 0.29) is 0 Å². The number of aromatic nitrogens is 1. The second kappa shape index (κ2) is 4.88. The second-order valence-electron chi connectivity index (χ2n) is 3.11. The van der Waals surface area contributed by atoms with Crippen molar-refractivity contribution in [1.29, 1.82) is 0 Å². The van der Waals surface area contributed by atoms with Gasteiger partial charge in [-0.25, -0.2) is 4.98 Å². The summed E-state index contributed by atoms with van der Waals surface area (Å²) in [6.07, 6.45) is 1.92. The molecule has 13 heavy (non-hydrogen) atoms. The van der Waals surface area contributed by atoms with Crippen molar-refractivity contribution in [1.82, 2.24) is 9.88 Å². The number of hydrogen-bond donors (Lipinski definition) is 0. The zero-order chi connectivity index (χ0) is 9.84. The van der Waals surface area contributed by atoms with Crippen LogP contribution in [0.5, 0.6) is 0 Å². The molecular formula is C9H13BrN2S. The summed E-state index contributed by atoms with van der Waals surface area (Å²) in [5.41, 5.74) is 1.05. The van der Waals surface area contributed by atoms with Crippen LogP contribution < -0.4 is 0 Å². The standard InChI is InChI=1S/C9H13BrN2S/c1-7(4-10)9-11-5-8(13-9)6-12(2)3/h5H,1,4,6H2,2-3H3. The Morgan fingerprint density at radius 1 is 1.69 bits per heavy atom. The van der Waals surface area contributed by atoms with Crippen molar-refractivity contribution < 1.29 is 0 Å². The lowest BCUT2D eigenvalue weighted by Crippen LogP contribution is -2.09. The van der Waals surface area contributed by atoms with Gasteiger partial charge in [-0.05, 0) is 19.7 Å². The molecule has 2 nitrogen and oxygen atoms in total. The summed E-state index contributed by atoms with van der Waals surface area (Å²) < 4.78 is 0. The number of nitrogens with zero attached hydrogens (tertiary/aromatic N) is 2. The van der Waals surface area contributed by atoms with Crippen molar-refractivity contribution in [2.75, 3.05) is 19.4 Å². The van der Waals surface area contributed by atoms with Crippen LogP contribution in [0, 0.1) is 0 Å². The van der Waals surface area contributed by atoms with E-state index in [1.807, 2.05) is 6.20 Å². The van der Waals surface area contributed by atoms with E-state index in [1.54, 1.807) is 11.3 Å². The van der Waals surface area contributed by atoms with Crippen LogP contribution >= 0.6 is 27.3 Å². The minimum atomic E-state index is 0.794. The van der Waals surface area contributed by atoms with Gasteiger partial charge in [0.1, 0.15) is 5.01 Å². The fourth-order valence-corrected chi connectivity index (χ4v) is 2.36. The van der Waals surface area contributed by atoms with E-state index in [0.717, 1.165) is 22.5 Å². The van der Waals surface area contributed by atoms with Gasteiger partial charge in [-0.2, -0.15) is 0 Å². The third-order valence-corrected chi connectivity index (χ3v) is 3.25. The maximum absolute atomic E-state index is 4.30. The summed E-state index contributed by atoms with van der Waals surface area (Å²) in [7, 11) is 4.11. The second-order valence-corrected chi connectivity index (χ2v) is 4.78. The Kier molecular flexibility index (Phi) is 4.09. The highest BCUT2D eigenvalue weighted by Gasteiger charge is 2.04. The van der Waals surface area contributed by atoms with E-state index in [0.29, 0.717) is 0 Å². The molecule has 0 radical (unpaired) electrons. The molecule has 0 saturated carbocycles. The zero-order valence-electron chi connectivity index (χ0n) is 7.88. The highest BCUT2D eigenvalue weighted by atomic mass is 79.9. The monoisotopic (exact) mass is 260 g/mol. The van der Waals surface area contributed by atoms with Crippen molar-refractivity contribution >= 4 is 32.8 Å². The highest BCUT2D eigenvalue weighted by molar-refractivity contribution is 9.09. The summed E-state index contributed by atoms with van der Waals surface area (Å²) in [5, 5.41) is 1.83. The van der Waals surface area contributed by atoms with Gasteiger partial charge >= 0.3 is 0 Å². The topological polar surface area (TPSA) is 16.1 Å². The first-order valence-electron chi connectivity index (χ1n) is 3.97. The van der Waals surface area contributed by atoms with E-state index in [9.17, 15) is 0 Å². The molecule has 1 rings (SSSR count). The predicted octanol–water partition coefficient (Wildman–Crippen LogP) is 2.61. The van der Waals surface area contributed by atoms with E-state index in [2.05, 4.69) is 46.5 Å². The van der Waals surface area contributed by atoms with E-state index < -0.39 is 0 Å². The SMILES string of the molecule is C=C(CBr)c1ncc(CN(C)C)s1. The van der Waals surface area contributed by atoms with Crippen molar-refractivity contribution in [3.05, 3.63) is 22.7 Å². The van der Waals surface area contributed by atoms with Gasteiger partial charge in [-0.15, -0.1) is 11.3 Å². The molecule has 1 aromatic rings. The van der Waals surface area contributed by atoms with Gasteiger partial charge < -0.3 is 4.90 Å². The van der Waals surface area contributed by atoms with E-state index >= 15 is 0 Å². The number of rotatable bonds is 4. The molecule has 0 fully saturated rings. The lowest BCUT2D eigenvalue weighted by atomic mass is 10.4. The van der Waals surface area contributed by atoms with Crippen molar-refractivity contribution in [3.63, 3.8) is 0 Å². The van der Waals surface area contributed by atoms with E-state index in [1.165, 1.54) is 4.88 Å². The smallest absolute Gasteiger partial charge is 0.119 e. The Bertz CT molecular complexity index is 294. The zero-order valence-corrected chi connectivity index (χ0v) is 10.3. The largest absolute Gasteiger partial charge is 0.304 e. The fraction of sp³-hybridized carbons (Fsp3) is 0.444. The third kappa shape index (κ3) is 3.21. The van der Waals surface area contributed by atoms with Crippen LogP contribution in [0.3, 0.4) is 0 Å². The maximum atomic E-state index is 4.30. The Labute approximate surface area is 91.4 Å². The van der Waals surface area contributed by atoms with Gasteiger partial charge in [0.05, 0.1) is 0 Å². The molecular weight excluding hydrogens is 248 g/mol. The van der Waals surface area contributed by atoms with E-state index in [4.69, 9.17) is 0 Å². The lowest BCUT2D eigenvalue weighted by molar-refractivity contribution is 0.406. The minimum Gasteiger partial charge on any atom is -0.304 e. The summed E-state index contributed by atoms with van der Waals surface area (Å²) in [4.78, 5) is 7.72. The Morgan fingerprint density at radius 3 is 2.92 bits per heavy atom. The molecule has 0 unspecified atom stereocenters. The first kappa shape index (κ1) is 10.9. The van der Waals surface area contributed by atoms with Crippen LogP contribution in [0.4, 0.5) is 0 Å². The molecule has 0 aromatic carbocycles. The normalized spacial score (nSPS) is 10.8. The summed E-state index contributed by atoms with van der Waals surface area (Å²) in [6.45, 7) is 4.87. The van der Waals surface area contributed by atoms with Crippen LogP contribution in [-0.2, 0) is 6.54 Å². The van der Waals surface area contributed by atoms with Crippen LogP contribution in [-0.4, -0.2) is 29.3 Å². The quantitative estimate of drug-likeness (QED) is 0.774. The molecule has 0 aliphatic heterocycles. The van der Waals surface area contributed by atoms with Crippen molar-refractivity contribution in [2.45, 2.75) is 6.54 Å². The summed E-state index contributed by atoms with van der Waals surface area (Å²) in [5.74, 6) is 0. The molecule has 0 atom stereocenters. The van der Waals surface area contributed by atoms with Crippen LogP contribution in [0.15, 0.2) is 12.8 Å². The van der Waals surface area contributed by atoms with Crippen LogP contribution in [0.1, 0.15) is 9.88 Å². The van der Waals surface area contributed by atoms with Crippen molar-refractivity contribution in [3.8, 4) is 0 Å². The fourth-order valence-electron chi connectivity index (χ4n) is 0.913. The Hall–Kier alpha value is -0.190. The van der Waals surface area contributed by atoms with Crippen molar-refractivity contribution in [2.24, 2.45) is 0 Å². The number of thiazole rings is 1. The number of halogens is 1. The van der Waals surface area contributed by atoms with Gasteiger partial charge in [0.2, 0.25) is 0 Å². The molecule has 0 N–H and O–H groups in total. The first-order valence-corrected chi connectivity index (χ1v) is 5.91. The molecule has 0 aliphatic carbocycles. The first-order chi connectivity index (χ1) is 6.13. The third-order valence-electron chi connectivity index (χ3n) is 1.49. The molecule has 1 aromatic heterocycles.